The van der Waals surface area contributed by atoms with Crippen LogP contribution in [-0.2, 0) is 27.7 Å². The smallest absolute Gasteiger partial charge is 0.411 e. The van der Waals surface area contributed by atoms with Crippen LogP contribution in [0.4, 0.5) is 10.5 Å². The van der Waals surface area contributed by atoms with Gasteiger partial charge in [0.05, 0.1) is 24.8 Å². The van der Waals surface area contributed by atoms with E-state index in [1.165, 1.54) is 41.9 Å². The summed E-state index contributed by atoms with van der Waals surface area (Å²) in [4.78, 5) is 12.5. The summed E-state index contributed by atoms with van der Waals surface area (Å²) in [6.45, 7) is 0.467. The number of thiophene rings is 1. The van der Waals surface area contributed by atoms with Gasteiger partial charge in [-0.05, 0) is 54.3 Å². The summed E-state index contributed by atoms with van der Waals surface area (Å²) in [6.07, 6.45) is 1.51. The molecule has 3 aromatic rings. The lowest BCUT2D eigenvalue weighted by Crippen LogP contribution is -2.32. The summed E-state index contributed by atoms with van der Waals surface area (Å²) in [5.41, 5.74) is 0.446. The number of carbonyl (C=O) groups excluding carboxylic acids is 1. The second kappa shape index (κ2) is 9.05. The Morgan fingerprint density at radius 3 is 2.57 bits per heavy atom. The Hall–Kier alpha value is -2.62. The van der Waals surface area contributed by atoms with Gasteiger partial charge in [0, 0.05) is 17.1 Å². The summed E-state index contributed by atoms with van der Waals surface area (Å²) < 4.78 is 37.6. The van der Waals surface area contributed by atoms with E-state index in [0.29, 0.717) is 24.4 Å². The molecule has 0 fully saturated rings. The topological polar surface area (TPSA) is 88.8 Å². The lowest BCUT2D eigenvalue weighted by Gasteiger charge is -2.21. The zero-order valence-electron chi connectivity index (χ0n) is 15.2. The molecule has 0 saturated heterocycles. The van der Waals surface area contributed by atoms with E-state index in [-0.39, 0.29) is 11.4 Å². The fourth-order valence-corrected chi connectivity index (χ4v) is 4.68. The van der Waals surface area contributed by atoms with Crippen molar-refractivity contribution in [2.45, 2.75) is 17.9 Å². The molecule has 0 radical (unpaired) electrons. The Kier molecular flexibility index (Phi) is 6.50. The Labute approximate surface area is 167 Å². The summed E-state index contributed by atoms with van der Waals surface area (Å²) in [5.74, 6) is 0.568. The maximum Gasteiger partial charge on any atom is 0.411 e. The zero-order valence-corrected chi connectivity index (χ0v) is 16.8. The minimum absolute atomic E-state index is 0.139. The average Bonchev–Trinajstić information content (AvgIpc) is 3.39. The number of sulfonamides is 1. The van der Waals surface area contributed by atoms with Crippen LogP contribution in [0.1, 0.15) is 10.6 Å². The van der Waals surface area contributed by atoms with Crippen molar-refractivity contribution in [2.75, 3.05) is 19.0 Å². The summed E-state index contributed by atoms with van der Waals surface area (Å²) >= 11 is 1.59. The highest BCUT2D eigenvalue weighted by Gasteiger charge is 2.25. The van der Waals surface area contributed by atoms with Crippen LogP contribution in [0.25, 0.3) is 0 Å². The van der Waals surface area contributed by atoms with Gasteiger partial charge in [-0.25, -0.2) is 13.2 Å². The molecule has 1 amide bonds. The van der Waals surface area contributed by atoms with E-state index in [1.807, 2.05) is 17.5 Å². The number of ether oxygens (including phenoxy) is 1. The molecule has 0 aliphatic heterocycles. The van der Waals surface area contributed by atoms with Gasteiger partial charge in [-0.1, -0.05) is 6.07 Å². The molecule has 0 aliphatic rings. The lowest BCUT2D eigenvalue weighted by atomic mass is 10.3. The predicted molar refractivity (Wildman–Crippen MR) is 107 cm³/mol. The first-order valence-electron chi connectivity index (χ1n) is 8.49. The first-order chi connectivity index (χ1) is 13.5. The maximum atomic E-state index is 13.2. The standard InChI is InChI=1S/C19H20N2O5S2/c1-25-19(22)20-15-6-8-18(9-7-15)28(23,24)21(14-16-4-2-12-26-16)11-10-17-5-3-13-27-17/h2-9,12-13H,10-11,14H2,1H3,(H,20,22). The van der Waals surface area contributed by atoms with Crippen molar-refractivity contribution in [2.24, 2.45) is 0 Å². The fraction of sp³-hybridized carbons (Fsp3) is 0.211. The molecule has 0 bridgehead atoms. The van der Waals surface area contributed by atoms with Gasteiger partial charge in [0.2, 0.25) is 10.0 Å². The van der Waals surface area contributed by atoms with E-state index in [4.69, 9.17) is 4.42 Å². The van der Waals surface area contributed by atoms with Crippen molar-refractivity contribution in [3.8, 4) is 0 Å². The number of carbonyl (C=O) groups is 1. The molecule has 0 atom stereocenters. The third kappa shape index (κ3) is 5.00. The number of rotatable bonds is 8. The number of amides is 1. The Morgan fingerprint density at radius 1 is 1.18 bits per heavy atom. The number of benzene rings is 1. The van der Waals surface area contributed by atoms with Crippen LogP contribution in [0.5, 0.6) is 0 Å². The van der Waals surface area contributed by atoms with Crippen LogP contribution in [0.3, 0.4) is 0 Å². The number of hydrogen-bond acceptors (Lipinski definition) is 6. The maximum absolute atomic E-state index is 13.2. The molecular formula is C19H20N2O5S2. The van der Waals surface area contributed by atoms with Gasteiger partial charge >= 0.3 is 6.09 Å². The van der Waals surface area contributed by atoms with Gasteiger partial charge in [0.25, 0.3) is 0 Å². The molecule has 7 nitrogen and oxygen atoms in total. The SMILES string of the molecule is COC(=O)Nc1ccc(S(=O)(=O)N(CCc2cccs2)Cc2ccco2)cc1. The van der Waals surface area contributed by atoms with E-state index < -0.39 is 16.1 Å². The number of anilines is 1. The van der Waals surface area contributed by atoms with E-state index in [2.05, 4.69) is 10.1 Å². The molecule has 2 aromatic heterocycles. The van der Waals surface area contributed by atoms with Crippen molar-refractivity contribution in [1.82, 2.24) is 4.31 Å². The van der Waals surface area contributed by atoms with Crippen LogP contribution in [0, 0.1) is 0 Å². The quantitative estimate of drug-likeness (QED) is 0.596. The second-order valence-corrected chi connectivity index (χ2v) is 8.86. The monoisotopic (exact) mass is 420 g/mol. The van der Waals surface area contributed by atoms with Crippen LogP contribution in [0.15, 0.2) is 69.5 Å². The van der Waals surface area contributed by atoms with Crippen molar-refractivity contribution in [3.05, 3.63) is 70.8 Å². The lowest BCUT2D eigenvalue weighted by molar-refractivity contribution is 0.187. The molecule has 2 heterocycles. The minimum Gasteiger partial charge on any atom is -0.468 e. The fourth-order valence-electron chi connectivity index (χ4n) is 2.58. The molecule has 1 aromatic carbocycles. The molecule has 1 N–H and O–H groups in total. The van der Waals surface area contributed by atoms with Crippen molar-refractivity contribution >= 4 is 33.1 Å². The van der Waals surface area contributed by atoms with Crippen LogP contribution in [-0.4, -0.2) is 32.5 Å². The Morgan fingerprint density at radius 2 is 1.96 bits per heavy atom. The molecule has 148 valence electrons. The van der Waals surface area contributed by atoms with Crippen molar-refractivity contribution < 1.29 is 22.4 Å². The normalized spacial score (nSPS) is 11.5. The molecule has 0 aliphatic carbocycles. The van der Waals surface area contributed by atoms with E-state index >= 15 is 0 Å². The van der Waals surface area contributed by atoms with Gasteiger partial charge in [-0.3, -0.25) is 5.32 Å². The highest BCUT2D eigenvalue weighted by molar-refractivity contribution is 7.89. The highest BCUT2D eigenvalue weighted by atomic mass is 32.2. The number of hydrogen-bond donors (Lipinski definition) is 1. The van der Waals surface area contributed by atoms with E-state index in [0.717, 1.165) is 4.88 Å². The molecule has 9 heteroatoms. The van der Waals surface area contributed by atoms with Crippen molar-refractivity contribution in [1.29, 1.82) is 0 Å². The average molecular weight is 421 g/mol. The van der Waals surface area contributed by atoms with Crippen LogP contribution < -0.4 is 5.32 Å². The van der Waals surface area contributed by atoms with Gasteiger partial charge in [-0.2, -0.15) is 4.31 Å². The second-order valence-electron chi connectivity index (χ2n) is 5.89. The summed E-state index contributed by atoms with van der Waals surface area (Å²) in [5, 5.41) is 4.46. The zero-order chi connectivity index (χ0) is 20.0. The van der Waals surface area contributed by atoms with Gasteiger partial charge in [-0.15, -0.1) is 11.3 Å². The third-order valence-electron chi connectivity index (χ3n) is 4.02. The first-order valence-corrected chi connectivity index (χ1v) is 10.8. The Balaban J connectivity index is 1.80. The van der Waals surface area contributed by atoms with Crippen molar-refractivity contribution in [3.63, 3.8) is 0 Å². The van der Waals surface area contributed by atoms with Crippen LogP contribution >= 0.6 is 11.3 Å². The van der Waals surface area contributed by atoms with Gasteiger partial charge in [0.15, 0.2) is 0 Å². The largest absolute Gasteiger partial charge is 0.468 e. The molecule has 0 saturated carbocycles. The molecule has 28 heavy (non-hydrogen) atoms. The number of furan rings is 1. The highest BCUT2D eigenvalue weighted by Crippen LogP contribution is 2.22. The first kappa shape index (κ1) is 20.1. The molecule has 0 unspecified atom stereocenters. The van der Waals surface area contributed by atoms with Gasteiger partial charge < -0.3 is 9.15 Å². The van der Waals surface area contributed by atoms with E-state index in [1.54, 1.807) is 23.5 Å². The number of nitrogens with zero attached hydrogens (tertiary/aromatic N) is 1. The van der Waals surface area contributed by atoms with Crippen LogP contribution in [0.2, 0.25) is 0 Å². The molecular weight excluding hydrogens is 400 g/mol. The molecule has 3 rings (SSSR count). The third-order valence-corrected chi connectivity index (χ3v) is 6.82. The predicted octanol–water partition coefficient (Wildman–Crippen LogP) is 3.95. The minimum atomic E-state index is -3.75. The van der Waals surface area contributed by atoms with Gasteiger partial charge in [0.1, 0.15) is 5.76 Å². The Bertz CT molecular complexity index is 982. The summed E-state index contributed by atoms with van der Waals surface area (Å²) in [6, 6.07) is 13.4. The summed E-state index contributed by atoms with van der Waals surface area (Å²) in [7, 11) is -2.49. The molecule has 0 spiro atoms. The number of nitrogens with one attached hydrogen (secondary N) is 1. The van der Waals surface area contributed by atoms with E-state index in [9.17, 15) is 13.2 Å². The number of methoxy groups -OCH3 is 1.